The summed E-state index contributed by atoms with van der Waals surface area (Å²) in [6, 6.07) is 0. The van der Waals surface area contributed by atoms with Gasteiger partial charge in [0.1, 0.15) is 0 Å². The highest BCUT2D eigenvalue weighted by Crippen LogP contribution is 2.35. The monoisotopic (exact) mass is 270 g/mol. The summed E-state index contributed by atoms with van der Waals surface area (Å²) >= 11 is 0. The Morgan fingerprint density at radius 3 is 2.42 bits per heavy atom. The van der Waals surface area contributed by atoms with Gasteiger partial charge in [0.05, 0.1) is 6.61 Å². The largest absolute Gasteiger partial charge is 0.380 e. The Labute approximate surface area is 119 Å². The molecular formula is C16H34N2O. The molecule has 0 aliphatic heterocycles. The zero-order chi connectivity index (χ0) is 14.1. The summed E-state index contributed by atoms with van der Waals surface area (Å²) in [4.78, 5) is 2.57. The van der Waals surface area contributed by atoms with Crippen LogP contribution in [0.5, 0.6) is 0 Å². The first-order valence-corrected chi connectivity index (χ1v) is 8.21. The lowest BCUT2D eigenvalue weighted by Gasteiger charge is -2.47. The Bertz CT molecular complexity index is 225. The molecule has 3 nitrogen and oxygen atoms in total. The zero-order valence-electron chi connectivity index (χ0n) is 13.3. The van der Waals surface area contributed by atoms with Crippen molar-refractivity contribution in [3.8, 4) is 0 Å². The van der Waals surface area contributed by atoms with Crippen molar-refractivity contribution < 1.29 is 4.74 Å². The number of hydrogen-bond donors (Lipinski definition) is 1. The van der Waals surface area contributed by atoms with Gasteiger partial charge in [-0.2, -0.15) is 0 Å². The van der Waals surface area contributed by atoms with E-state index in [4.69, 9.17) is 10.5 Å². The van der Waals surface area contributed by atoms with Gasteiger partial charge in [-0.3, -0.25) is 4.90 Å². The molecule has 2 N–H and O–H groups in total. The maximum Gasteiger partial charge on any atom is 0.0593 e. The Balaban J connectivity index is 2.41. The molecule has 0 saturated heterocycles. The molecule has 19 heavy (non-hydrogen) atoms. The van der Waals surface area contributed by atoms with Crippen molar-refractivity contribution in [1.82, 2.24) is 4.90 Å². The lowest BCUT2D eigenvalue weighted by atomic mass is 9.76. The maximum atomic E-state index is 6.13. The van der Waals surface area contributed by atoms with E-state index in [1.165, 1.54) is 38.5 Å². The highest BCUT2D eigenvalue weighted by Gasteiger charge is 2.37. The van der Waals surface area contributed by atoms with Gasteiger partial charge in [-0.25, -0.2) is 0 Å². The van der Waals surface area contributed by atoms with Crippen molar-refractivity contribution in [2.24, 2.45) is 11.7 Å². The number of likely N-dealkylation sites (N-methyl/N-ethyl adjacent to an activating group) is 1. The van der Waals surface area contributed by atoms with Crippen LogP contribution in [0.25, 0.3) is 0 Å². The molecule has 3 heteroatoms. The molecule has 1 aliphatic rings. The van der Waals surface area contributed by atoms with Crippen LogP contribution in [0, 0.1) is 5.92 Å². The molecule has 1 aliphatic carbocycles. The molecule has 0 bridgehead atoms. The number of nitrogens with zero attached hydrogens (tertiary/aromatic N) is 1. The van der Waals surface area contributed by atoms with Crippen LogP contribution in [0.2, 0.25) is 0 Å². The smallest absolute Gasteiger partial charge is 0.0593 e. The molecule has 0 amide bonds. The van der Waals surface area contributed by atoms with Crippen molar-refractivity contribution in [3.63, 3.8) is 0 Å². The van der Waals surface area contributed by atoms with E-state index >= 15 is 0 Å². The van der Waals surface area contributed by atoms with E-state index in [0.717, 1.165) is 38.8 Å². The average Bonchev–Trinajstić information content (AvgIpc) is 2.44. The van der Waals surface area contributed by atoms with Gasteiger partial charge in [0, 0.05) is 25.2 Å². The van der Waals surface area contributed by atoms with Crippen molar-refractivity contribution in [2.75, 3.05) is 32.8 Å². The Hall–Kier alpha value is -0.120. The minimum atomic E-state index is 0.245. The van der Waals surface area contributed by atoms with Gasteiger partial charge in [0.2, 0.25) is 0 Å². The van der Waals surface area contributed by atoms with Crippen LogP contribution < -0.4 is 5.73 Å². The predicted octanol–water partition coefficient (Wildman–Crippen LogP) is 3.03. The highest BCUT2D eigenvalue weighted by molar-refractivity contribution is 4.95. The van der Waals surface area contributed by atoms with Gasteiger partial charge in [-0.05, 0) is 44.6 Å². The number of nitrogens with two attached hydrogens (primary N) is 1. The standard InChI is InChI=1S/C16H34N2O/c1-4-6-12-19-13-11-18(5-2)16(14-17)9-7-15(3)8-10-16/h15H,4-14,17H2,1-3H3. The van der Waals surface area contributed by atoms with Crippen LogP contribution in [0.1, 0.15) is 59.3 Å². The van der Waals surface area contributed by atoms with Crippen LogP contribution in [0.15, 0.2) is 0 Å². The molecule has 1 rings (SSSR count). The molecule has 0 atom stereocenters. The van der Waals surface area contributed by atoms with Crippen molar-refractivity contribution in [2.45, 2.75) is 64.8 Å². The summed E-state index contributed by atoms with van der Waals surface area (Å²) in [5.74, 6) is 0.874. The van der Waals surface area contributed by atoms with Gasteiger partial charge < -0.3 is 10.5 Å². The summed E-state index contributed by atoms with van der Waals surface area (Å²) in [5, 5.41) is 0. The molecule has 0 aromatic heterocycles. The average molecular weight is 270 g/mol. The van der Waals surface area contributed by atoms with Gasteiger partial charge >= 0.3 is 0 Å². The molecule has 0 radical (unpaired) electrons. The summed E-state index contributed by atoms with van der Waals surface area (Å²) in [7, 11) is 0. The Kier molecular flexibility index (Phi) is 7.96. The van der Waals surface area contributed by atoms with Gasteiger partial charge in [-0.15, -0.1) is 0 Å². The molecular weight excluding hydrogens is 236 g/mol. The normalized spacial score (nSPS) is 27.9. The summed E-state index contributed by atoms with van der Waals surface area (Å²) in [6.07, 6.45) is 7.55. The summed E-state index contributed by atoms with van der Waals surface area (Å²) < 4.78 is 5.73. The number of hydrogen-bond acceptors (Lipinski definition) is 3. The van der Waals surface area contributed by atoms with E-state index < -0.39 is 0 Å². The Morgan fingerprint density at radius 1 is 1.21 bits per heavy atom. The second-order valence-corrected chi connectivity index (χ2v) is 6.16. The SMILES string of the molecule is CCCCOCCN(CC)C1(CN)CCC(C)CC1. The summed E-state index contributed by atoms with van der Waals surface area (Å²) in [5.41, 5.74) is 6.38. The van der Waals surface area contributed by atoms with E-state index in [2.05, 4.69) is 25.7 Å². The molecule has 1 fully saturated rings. The van der Waals surface area contributed by atoms with Crippen molar-refractivity contribution in [1.29, 1.82) is 0 Å². The highest BCUT2D eigenvalue weighted by atomic mass is 16.5. The van der Waals surface area contributed by atoms with E-state index in [-0.39, 0.29) is 5.54 Å². The topological polar surface area (TPSA) is 38.5 Å². The molecule has 0 unspecified atom stereocenters. The van der Waals surface area contributed by atoms with Crippen LogP contribution in [-0.2, 0) is 4.74 Å². The summed E-state index contributed by atoms with van der Waals surface area (Å²) in [6.45, 7) is 11.5. The number of ether oxygens (including phenoxy) is 1. The first kappa shape index (κ1) is 16.9. The fourth-order valence-corrected chi connectivity index (χ4v) is 3.20. The quantitative estimate of drug-likeness (QED) is 0.655. The van der Waals surface area contributed by atoms with Crippen LogP contribution in [0.3, 0.4) is 0 Å². The van der Waals surface area contributed by atoms with Crippen LogP contribution in [0.4, 0.5) is 0 Å². The molecule has 0 heterocycles. The first-order valence-electron chi connectivity index (χ1n) is 8.21. The van der Waals surface area contributed by atoms with Gasteiger partial charge in [0.25, 0.3) is 0 Å². The second-order valence-electron chi connectivity index (χ2n) is 6.16. The predicted molar refractivity (Wildman–Crippen MR) is 82.4 cm³/mol. The lowest BCUT2D eigenvalue weighted by molar-refractivity contribution is 0.0187. The molecule has 114 valence electrons. The first-order chi connectivity index (χ1) is 9.18. The number of rotatable bonds is 9. The van der Waals surface area contributed by atoms with Gasteiger partial charge in [-0.1, -0.05) is 27.2 Å². The zero-order valence-corrected chi connectivity index (χ0v) is 13.3. The maximum absolute atomic E-state index is 6.13. The van der Waals surface area contributed by atoms with Crippen LogP contribution in [-0.4, -0.2) is 43.3 Å². The third-order valence-corrected chi connectivity index (χ3v) is 4.79. The number of unbranched alkanes of at least 4 members (excludes halogenated alkanes) is 1. The van der Waals surface area contributed by atoms with E-state index in [1.54, 1.807) is 0 Å². The third kappa shape index (κ3) is 5.05. The van der Waals surface area contributed by atoms with E-state index in [9.17, 15) is 0 Å². The molecule has 0 aromatic rings. The van der Waals surface area contributed by atoms with Crippen molar-refractivity contribution in [3.05, 3.63) is 0 Å². The van der Waals surface area contributed by atoms with Crippen LogP contribution >= 0.6 is 0 Å². The fraction of sp³-hybridized carbons (Fsp3) is 1.00. The minimum absolute atomic E-state index is 0.245. The second kappa shape index (κ2) is 8.93. The minimum Gasteiger partial charge on any atom is -0.380 e. The molecule has 0 aromatic carbocycles. The lowest BCUT2D eigenvalue weighted by Crippen LogP contribution is -2.56. The fourth-order valence-electron chi connectivity index (χ4n) is 3.20. The third-order valence-electron chi connectivity index (χ3n) is 4.79. The van der Waals surface area contributed by atoms with Crippen molar-refractivity contribution >= 4 is 0 Å². The molecule has 0 spiro atoms. The Morgan fingerprint density at radius 2 is 1.89 bits per heavy atom. The van der Waals surface area contributed by atoms with E-state index in [1.807, 2.05) is 0 Å². The van der Waals surface area contributed by atoms with Gasteiger partial charge in [0.15, 0.2) is 0 Å². The van der Waals surface area contributed by atoms with E-state index in [0.29, 0.717) is 0 Å². The molecule has 1 saturated carbocycles.